The fourth-order valence-electron chi connectivity index (χ4n) is 4.59. The Balaban J connectivity index is 0.000000385. The molecule has 2 rings (SSSR count). The highest BCUT2D eigenvalue weighted by Gasteiger charge is 2.41. The van der Waals surface area contributed by atoms with Gasteiger partial charge < -0.3 is 30.4 Å². The number of carbonyl (C=O) groups is 3. The summed E-state index contributed by atoms with van der Waals surface area (Å²) in [4.78, 5) is 33.1. The zero-order valence-electron chi connectivity index (χ0n) is 20.4. The van der Waals surface area contributed by atoms with Crippen molar-refractivity contribution in [2.24, 2.45) is 5.92 Å². The van der Waals surface area contributed by atoms with Crippen molar-refractivity contribution in [3.8, 4) is 5.75 Å². The Labute approximate surface area is 201 Å². The zero-order chi connectivity index (χ0) is 25.9. The van der Waals surface area contributed by atoms with Gasteiger partial charge >= 0.3 is 17.9 Å². The van der Waals surface area contributed by atoms with Crippen LogP contribution in [0.1, 0.15) is 71.3 Å². The molecule has 1 aliphatic heterocycles. The van der Waals surface area contributed by atoms with Crippen molar-refractivity contribution >= 4 is 17.9 Å². The lowest BCUT2D eigenvalue weighted by Gasteiger charge is -2.32. The molecule has 0 aliphatic carbocycles. The lowest BCUT2D eigenvalue weighted by molar-refractivity contribution is -0.170. The van der Waals surface area contributed by atoms with Gasteiger partial charge in [0, 0.05) is 12.0 Å². The first-order chi connectivity index (χ1) is 15.8. The molecular weight excluding hydrogens is 442 g/mol. The van der Waals surface area contributed by atoms with Crippen molar-refractivity contribution < 1.29 is 39.9 Å². The number of carboxylic acid groups (broad SMARTS) is 3. The molecule has 9 nitrogen and oxygen atoms in total. The maximum absolute atomic E-state index is 10.3. The van der Waals surface area contributed by atoms with Gasteiger partial charge in [0.05, 0.1) is 12.8 Å². The topological polar surface area (TPSA) is 156 Å². The second-order valence-electron chi connectivity index (χ2n) is 9.64. The van der Waals surface area contributed by atoms with Crippen molar-refractivity contribution in [3.05, 3.63) is 29.8 Å². The van der Waals surface area contributed by atoms with Crippen molar-refractivity contribution in [1.29, 1.82) is 0 Å². The number of likely N-dealkylation sites (tertiary alicyclic amines) is 1. The third-order valence-electron chi connectivity index (χ3n) is 6.05. The van der Waals surface area contributed by atoms with Gasteiger partial charge in [0.25, 0.3) is 0 Å². The van der Waals surface area contributed by atoms with E-state index in [1.165, 1.54) is 50.8 Å². The van der Waals surface area contributed by atoms with Gasteiger partial charge in [0.1, 0.15) is 5.75 Å². The van der Waals surface area contributed by atoms with Crippen LogP contribution in [0.2, 0.25) is 0 Å². The molecule has 5 N–H and O–H groups in total. The Hall–Kier alpha value is -2.65. The van der Waals surface area contributed by atoms with Crippen molar-refractivity contribution in [1.82, 2.24) is 4.90 Å². The van der Waals surface area contributed by atoms with Crippen LogP contribution >= 0.6 is 0 Å². The van der Waals surface area contributed by atoms with E-state index < -0.39 is 36.4 Å². The molecule has 0 saturated carbocycles. The molecule has 9 heteroatoms. The molecule has 1 unspecified atom stereocenters. The molecular formula is C25H39NO8. The molecule has 0 spiro atoms. The number of rotatable bonds is 12. The summed E-state index contributed by atoms with van der Waals surface area (Å²) >= 11 is 0. The fourth-order valence-corrected chi connectivity index (χ4v) is 4.59. The Morgan fingerprint density at radius 1 is 1.09 bits per heavy atom. The minimum absolute atomic E-state index is 0.235. The van der Waals surface area contributed by atoms with Crippen molar-refractivity contribution in [3.63, 3.8) is 0 Å². The lowest BCUT2D eigenvalue weighted by Crippen LogP contribution is -2.42. The van der Waals surface area contributed by atoms with Crippen LogP contribution in [-0.4, -0.2) is 73.6 Å². The molecule has 1 heterocycles. The van der Waals surface area contributed by atoms with Gasteiger partial charge in [0.15, 0.2) is 5.60 Å². The summed E-state index contributed by atoms with van der Waals surface area (Å²) in [6, 6.07) is 7.96. The predicted molar refractivity (Wildman–Crippen MR) is 127 cm³/mol. The summed E-state index contributed by atoms with van der Waals surface area (Å²) in [5, 5.41) is 43.7. The molecule has 1 aromatic carbocycles. The van der Waals surface area contributed by atoms with Gasteiger partial charge in [-0.2, -0.15) is 0 Å². The molecule has 1 atom stereocenters. The van der Waals surface area contributed by atoms with Crippen LogP contribution in [0, 0.1) is 5.92 Å². The van der Waals surface area contributed by atoms with E-state index in [4.69, 9.17) is 20.4 Å². The van der Waals surface area contributed by atoms with Gasteiger partial charge in [-0.25, -0.2) is 4.79 Å². The normalized spacial score (nSPS) is 18.4. The number of aliphatic carboxylic acids is 3. The number of carboxylic acids is 3. The van der Waals surface area contributed by atoms with Gasteiger partial charge in [-0.3, -0.25) is 9.59 Å². The molecule has 1 aromatic rings. The molecule has 192 valence electrons. The Bertz CT molecular complexity index is 809. The Kier molecular flexibility index (Phi) is 11.5. The molecule has 34 heavy (non-hydrogen) atoms. The van der Waals surface area contributed by atoms with Crippen LogP contribution in [0.25, 0.3) is 0 Å². The summed E-state index contributed by atoms with van der Waals surface area (Å²) in [6.07, 6.45) is 4.08. The third kappa shape index (κ3) is 9.30. The number of aromatic hydroxyl groups is 1. The number of phenols is 1. The highest BCUT2D eigenvalue weighted by molar-refractivity contribution is 5.88. The highest BCUT2D eigenvalue weighted by Crippen LogP contribution is 2.41. The van der Waals surface area contributed by atoms with E-state index in [1.54, 1.807) is 6.07 Å². The second-order valence-corrected chi connectivity index (χ2v) is 9.64. The van der Waals surface area contributed by atoms with Gasteiger partial charge in [-0.1, -0.05) is 45.7 Å². The molecule has 0 aromatic heterocycles. The van der Waals surface area contributed by atoms with Crippen LogP contribution in [0.15, 0.2) is 24.3 Å². The summed E-state index contributed by atoms with van der Waals surface area (Å²) in [5.41, 5.74) is -1.18. The number of nitrogens with zero attached hydrogens (tertiary/aromatic N) is 1. The number of unbranched alkanes of at least 4 members (excludes halogenated alkanes) is 2. The van der Waals surface area contributed by atoms with E-state index in [0.717, 1.165) is 6.54 Å². The van der Waals surface area contributed by atoms with Crippen LogP contribution in [0.3, 0.4) is 0 Å². The molecule has 0 bridgehead atoms. The molecule has 1 saturated heterocycles. The number of aliphatic hydroxyl groups is 1. The van der Waals surface area contributed by atoms with E-state index >= 15 is 0 Å². The summed E-state index contributed by atoms with van der Waals surface area (Å²) < 4.78 is 0. The first-order valence-electron chi connectivity index (χ1n) is 11.7. The minimum atomic E-state index is -2.74. The number of hydrogen-bond acceptors (Lipinski definition) is 6. The van der Waals surface area contributed by atoms with E-state index in [-0.39, 0.29) is 5.41 Å². The number of phenolic OH excluding ortho intramolecular Hbond substituents is 1. The average Bonchev–Trinajstić information content (AvgIpc) is 3.11. The molecule has 1 fully saturated rings. The lowest BCUT2D eigenvalue weighted by atomic mass is 9.73. The first-order valence-corrected chi connectivity index (χ1v) is 11.7. The highest BCUT2D eigenvalue weighted by atomic mass is 16.4. The summed E-state index contributed by atoms with van der Waals surface area (Å²) in [6.45, 7) is 10.5. The van der Waals surface area contributed by atoms with Crippen molar-refractivity contribution in [2.45, 2.75) is 76.7 Å². The van der Waals surface area contributed by atoms with Gasteiger partial charge in [-0.05, 0) is 56.0 Å². The smallest absolute Gasteiger partial charge is 0.336 e. The van der Waals surface area contributed by atoms with Crippen molar-refractivity contribution in [2.75, 3.05) is 19.6 Å². The molecule has 1 aliphatic rings. The van der Waals surface area contributed by atoms with E-state index in [2.05, 4.69) is 31.7 Å². The SMILES string of the molecule is CCCCCN1CCC(CC(C)C)(c2cccc(O)c2)C1.O=C(O)CC(O)(CC(=O)O)C(=O)O. The minimum Gasteiger partial charge on any atom is -0.508 e. The monoisotopic (exact) mass is 481 g/mol. The average molecular weight is 482 g/mol. The maximum atomic E-state index is 10.3. The third-order valence-corrected chi connectivity index (χ3v) is 6.05. The standard InChI is InChI=1S/C19H31NO.C6H8O7/c1-4-5-6-11-20-12-10-19(15-20,14-16(2)3)17-8-7-9-18(21)13-17;7-3(8)1-6(13,5(11)12)2-4(9)10/h7-9,13,16,21H,4-6,10-12,14-15H2,1-3H3;13H,1-2H2,(H,7,8)(H,9,10)(H,11,12). The van der Waals surface area contributed by atoms with Gasteiger partial charge in [-0.15, -0.1) is 0 Å². The maximum Gasteiger partial charge on any atom is 0.336 e. The second kappa shape index (κ2) is 13.3. The Morgan fingerprint density at radius 3 is 2.18 bits per heavy atom. The first kappa shape index (κ1) is 29.4. The summed E-state index contributed by atoms with van der Waals surface area (Å²) in [7, 11) is 0. The molecule has 0 amide bonds. The summed E-state index contributed by atoms with van der Waals surface area (Å²) in [5.74, 6) is -3.93. The van der Waals surface area contributed by atoms with Crippen LogP contribution < -0.4 is 0 Å². The zero-order valence-corrected chi connectivity index (χ0v) is 20.4. The quantitative estimate of drug-likeness (QED) is 0.283. The van der Waals surface area contributed by atoms with E-state index in [1.807, 2.05) is 12.1 Å². The largest absolute Gasteiger partial charge is 0.508 e. The predicted octanol–water partition coefficient (Wildman–Crippen LogP) is 3.32. The molecule has 0 radical (unpaired) electrons. The van der Waals surface area contributed by atoms with E-state index in [9.17, 15) is 19.5 Å². The Morgan fingerprint density at radius 2 is 1.71 bits per heavy atom. The van der Waals surface area contributed by atoms with Crippen LogP contribution in [0.5, 0.6) is 5.75 Å². The van der Waals surface area contributed by atoms with Crippen LogP contribution in [-0.2, 0) is 19.8 Å². The van der Waals surface area contributed by atoms with E-state index in [0.29, 0.717) is 11.7 Å². The number of hydrogen-bond donors (Lipinski definition) is 5. The van der Waals surface area contributed by atoms with Crippen LogP contribution in [0.4, 0.5) is 0 Å². The number of benzene rings is 1. The fraction of sp³-hybridized carbons (Fsp3) is 0.640. The van der Waals surface area contributed by atoms with Gasteiger partial charge in [0.2, 0.25) is 0 Å².